The highest BCUT2D eigenvalue weighted by molar-refractivity contribution is 7.10. The average Bonchev–Trinajstić information content (AvgIpc) is 3.34. The van der Waals surface area contributed by atoms with Crippen molar-refractivity contribution in [2.45, 2.75) is 19.5 Å². The standard InChI is InChI=1S/C26H28N4O2S/c1-6-25-29-21-13-23(32-5)22(31-4)12-20(21)26(30-25)28-16(2)24-11-18(15-33-24)19-10-8-7-9-17(19)14-27-3/h6-13,15-16,27H,1,14H2,2-5H3,(H,28,29,30)/t16-/m1/s1. The van der Waals surface area contributed by atoms with Crippen LogP contribution in [0, 0.1) is 0 Å². The Labute approximate surface area is 198 Å². The monoisotopic (exact) mass is 460 g/mol. The van der Waals surface area contributed by atoms with E-state index >= 15 is 0 Å². The van der Waals surface area contributed by atoms with E-state index in [1.165, 1.54) is 21.6 Å². The lowest BCUT2D eigenvalue weighted by Gasteiger charge is -2.17. The van der Waals surface area contributed by atoms with Gasteiger partial charge in [0.05, 0.1) is 25.8 Å². The Kier molecular flexibility index (Phi) is 6.91. The molecule has 4 aromatic rings. The predicted octanol–water partition coefficient (Wildman–Crippen LogP) is 5.91. The van der Waals surface area contributed by atoms with Gasteiger partial charge in [0.1, 0.15) is 5.82 Å². The maximum Gasteiger partial charge on any atom is 0.162 e. The molecule has 33 heavy (non-hydrogen) atoms. The molecule has 2 N–H and O–H groups in total. The van der Waals surface area contributed by atoms with Crippen LogP contribution in [0.25, 0.3) is 28.1 Å². The normalized spacial score (nSPS) is 11.9. The van der Waals surface area contributed by atoms with Crippen molar-refractivity contribution in [1.82, 2.24) is 15.3 Å². The Morgan fingerprint density at radius 1 is 1.09 bits per heavy atom. The second-order valence-electron chi connectivity index (χ2n) is 7.65. The number of methoxy groups -OCH3 is 2. The van der Waals surface area contributed by atoms with E-state index in [9.17, 15) is 0 Å². The summed E-state index contributed by atoms with van der Waals surface area (Å²) >= 11 is 1.74. The predicted molar refractivity (Wildman–Crippen MR) is 137 cm³/mol. The number of anilines is 1. The fraction of sp³-hybridized carbons (Fsp3) is 0.231. The first-order chi connectivity index (χ1) is 16.1. The largest absolute Gasteiger partial charge is 0.493 e. The minimum Gasteiger partial charge on any atom is -0.493 e. The van der Waals surface area contributed by atoms with Crippen LogP contribution in [0.5, 0.6) is 11.5 Å². The molecule has 170 valence electrons. The number of fused-ring (bicyclic) bond motifs is 1. The minimum absolute atomic E-state index is 0.0454. The first-order valence-electron chi connectivity index (χ1n) is 10.7. The molecule has 0 fully saturated rings. The molecule has 0 radical (unpaired) electrons. The lowest BCUT2D eigenvalue weighted by molar-refractivity contribution is 0.356. The number of benzene rings is 2. The van der Waals surface area contributed by atoms with Crippen LogP contribution in [-0.4, -0.2) is 31.2 Å². The van der Waals surface area contributed by atoms with Crippen LogP contribution >= 0.6 is 11.3 Å². The van der Waals surface area contributed by atoms with E-state index in [0.29, 0.717) is 17.3 Å². The molecule has 2 heterocycles. The molecular formula is C26H28N4O2S. The number of nitrogens with one attached hydrogen (secondary N) is 2. The number of aromatic nitrogens is 2. The smallest absolute Gasteiger partial charge is 0.162 e. The molecule has 6 nitrogen and oxygen atoms in total. The maximum atomic E-state index is 5.50. The first kappa shape index (κ1) is 22.8. The highest BCUT2D eigenvalue weighted by Crippen LogP contribution is 2.37. The summed E-state index contributed by atoms with van der Waals surface area (Å²) in [5.41, 5.74) is 4.52. The van der Waals surface area contributed by atoms with Crippen LogP contribution in [-0.2, 0) is 6.54 Å². The molecule has 0 saturated heterocycles. The number of hydrogen-bond acceptors (Lipinski definition) is 7. The molecule has 2 aromatic heterocycles. The van der Waals surface area contributed by atoms with Gasteiger partial charge in [0.25, 0.3) is 0 Å². The quantitative estimate of drug-likeness (QED) is 0.324. The maximum absolute atomic E-state index is 5.50. The average molecular weight is 461 g/mol. The summed E-state index contributed by atoms with van der Waals surface area (Å²) < 4.78 is 10.9. The van der Waals surface area contributed by atoms with E-state index < -0.39 is 0 Å². The molecule has 0 unspecified atom stereocenters. The molecule has 0 bridgehead atoms. The molecule has 1 atom stereocenters. The fourth-order valence-corrected chi connectivity index (χ4v) is 4.73. The van der Waals surface area contributed by atoms with Crippen LogP contribution in [0.3, 0.4) is 0 Å². The zero-order chi connectivity index (χ0) is 23.4. The van der Waals surface area contributed by atoms with E-state index in [1.807, 2.05) is 19.2 Å². The summed E-state index contributed by atoms with van der Waals surface area (Å²) in [5, 5.41) is 9.90. The van der Waals surface area contributed by atoms with E-state index in [1.54, 1.807) is 31.6 Å². The summed E-state index contributed by atoms with van der Waals surface area (Å²) in [7, 11) is 5.21. The molecule has 0 aliphatic heterocycles. The minimum atomic E-state index is 0.0454. The number of ether oxygens (including phenoxy) is 2. The molecule has 0 amide bonds. The summed E-state index contributed by atoms with van der Waals surface area (Å²) in [6.07, 6.45) is 1.65. The van der Waals surface area contributed by atoms with Gasteiger partial charge in [-0.1, -0.05) is 30.8 Å². The van der Waals surface area contributed by atoms with E-state index in [2.05, 4.69) is 69.8 Å². The Morgan fingerprint density at radius 2 is 1.85 bits per heavy atom. The van der Waals surface area contributed by atoms with Gasteiger partial charge in [0.15, 0.2) is 17.3 Å². The first-order valence-corrected chi connectivity index (χ1v) is 11.6. The molecule has 0 aliphatic rings. The number of hydrogen-bond donors (Lipinski definition) is 2. The van der Waals surface area contributed by atoms with Gasteiger partial charge >= 0.3 is 0 Å². The lowest BCUT2D eigenvalue weighted by Crippen LogP contribution is -2.08. The zero-order valence-electron chi connectivity index (χ0n) is 19.3. The third-order valence-corrected chi connectivity index (χ3v) is 6.61. The molecule has 4 rings (SSSR count). The Balaban J connectivity index is 1.68. The van der Waals surface area contributed by atoms with E-state index in [-0.39, 0.29) is 6.04 Å². The van der Waals surface area contributed by atoms with Crippen molar-refractivity contribution in [2.24, 2.45) is 0 Å². The van der Waals surface area contributed by atoms with Crippen molar-refractivity contribution in [1.29, 1.82) is 0 Å². The molecule has 0 saturated carbocycles. The third kappa shape index (κ3) is 4.69. The zero-order valence-corrected chi connectivity index (χ0v) is 20.1. The summed E-state index contributed by atoms with van der Waals surface area (Å²) in [6.45, 7) is 6.81. The lowest BCUT2D eigenvalue weighted by atomic mass is 10.0. The fourth-order valence-electron chi connectivity index (χ4n) is 3.82. The van der Waals surface area contributed by atoms with Gasteiger partial charge in [0.2, 0.25) is 0 Å². The second-order valence-corrected chi connectivity index (χ2v) is 8.59. The Hall–Kier alpha value is -3.42. The van der Waals surface area contributed by atoms with Crippen molar-refractivity contribution in [3.05, 3.63) is 70.7 Å². The van der Waals surface area contributed by atoms with Crippen molar-refractivity contribution in [3.63, 3.8) is 0 Å². The summed E-state index contributed by atoms with van der Waals surface area (Å²) in [5.74, 6) is 2.54. The van der Waals surface area contributed by atoms with Gasteiger partial charge in [-0.2, -0.15) is 0 Å². The van der Waals surface area contributed by atoms with Crippen LogP contribution in [0.15, 0.2) is 54.4 Å². The molecule has 0 aliphatic carbocycles. The van der Waals surface area contributed by atoms with Crippen molar-refractivity contribution < 1.29 is 9.47 Å². The van der Waals surface area contributed by atoms with Gasteiger partial charge in [-0.15, -0.1) is 11.3 Å². The highest BCUT2D eigenvalue weighted by atomic mass is 32.1. The molecule has 0 spiro atoms. The van der Waals surface area contributed by atoms with Gasteiger partial charge in [-0.3, -0.25) is 0 Å². The van der Waals surface area contributed by atoms with Crippen LogP contribution in [0.4, 0.5) is 5.82 Å². The molecule has 2 aromatic carbocycles. The van der Waals surface area contributed by atoms with Crippen molar-refractivity contribution in [2.75, 3.05) is 26.6 Å². The van der Waals surface area contributed by atoms with E-state index in [0.717, 1.165) is 23.3 Å². The number of rotatable bonds is 9. The SMILES string of the molecule is C=Cc1nc(N[C@H](C)c2cc(-c3ccccc3CNC)cs2)c2cc(OC)c(OC)cc2n1. The Bertz CT molecular complexity index is 1280. The summed E-state index contributed by atoms with van der Waals surface area (Å²) in [6, 6.07) is 14.6. The van der Waals surface area contributed by atoms with E-state index in [4.69, 9.17) is 9.47 Å². The second kappa shape index (κ2) is 10.0. The van der Waals surface area contributed by atoms with Gasteiger partial charge in [-0.25, -0.2) is 9.97 Å². The van der Waals surface area contributed by atoms with Crippen LogP contribution < -0.4 is 20.1 Å². The van der Waals surface area contributed by atoms with Crippen molar-refractivity contribution >= 4 is 34.1 Å². The Morgan fingerprint density at radius 3 is 2.58 bits per heavy atom. The highest BCUT2D eigenvalue weighted by Gasteiger charge is 2.16. The summed E-state index contributed by atoms with van der Waals surface area (Å²) in [4.78, 5) is 10.5. The van der Waals surface area contributed by atoms with Crippen LogP contribution in [0.1, 0.15) is 29.2 Å². The van der Waals surface area contributed by atoms with Crippen LogP contribution in [0.2, 0.25) is 0 Å². The van der Waals surface area contributed by atoms with Gasteiger partial charge in [-0.05, 0) is 54.3 Å². The van der Waals surface area contributed by atoms with Gasteiger partial charge < -0.3 is 20.1 Å². The van der Waals surface area contributed by atoms with Gasteiger partial charge in [0, 0.05) is 22.9 Å². The number of nitrogens with zero attached hydrogens (tertiary/aromatic N) is 2. The number of thiophene rings is 1. The van der Waals surface area contributed by atoms with Crippen molar-refractivity contribution in [3.8, 4) is 22.6 Å². The topological polar surface area (TPSA) is 68.3 Å². The third-order valence-electron chi connectivity index (χ3n) is 5.50. The molecule has 7 heteroatoms. The molecular weight excluding hydrogens is 432 g/mol.